The van der Waals surface area contributed by atoms with E-state index in [1.165, 1.54) is 17.2 Å². The van der Waals surface area contributed by atoms with E-state index in [2.05, 4.69) is 41.4 Å². The van der Waals surface area contributed by atoms with E-state index in [4.69, 9.17) is 4.74 Å². The molecule has 1 aliphatic rings. The fourth-order valence-corrected chi connectivity index (χ4v) is 4.84. The van der Waals surface area contributed by atoms with Gasteiger partial charge in [-0.2, -0.15) is 0 Å². The third-order valence-electron chi connectivity index (χ3n) is 6.58. The molecule has 1 heterocycles. The number of amides is 1. The van der Waals surface area contributed by atoms with Crippen molar-refractivity contribution in [3.63, 3.8) is 0 Å². The molecule has 4 rings (SSSR count). The van der Waals surface area contributed by atoms with Crippen LogP contribution in [0.25, 0.3) is 0 Å². The van der Waals surface area contributed by atoms with E-state index in [9.17, 15) is 9.18 Å². The Morgan fingerprint density at radius 1 is 1.03 bits per heavy atom. The predicted molar refractivity (Wildman–Crippen MR) is 133 cm³/mol. The van der Waals surface area contributed by atoms with E-state index in [0.29, 0.717) is 19.6 Å². The molecule has 4 nitrogen and oxygen atoms in total. The highest BCUT2D eigenvalue weighted by atomic mass is 19.1. The standard InChI is InChI=1S/C29H33FN2O2/c1-21-5-3-7-24(15-21)25-17-26(20-32(19-25)18-23-6-4-8-27(30)16-23)29(33)31-14-13-22-9-11-28(34-2)12-10-22/h3-12,15-16,25-26H,13-14,17-20H2,1-2H3,(H,31,33)/t25-,26+/m0/s1. The summed E-state index contributed by atoms with van der Waals surface area (Å²) in [7, 11) is 1.65. The number of rotatable bonds is 8. The molecule has 0 unspecified atom stereocenters. The Morgan fingerprint density at radius 2 is 1.82 bits per heavy atom. The zero-order chi connectivity index (χ0) is 23.9. The lowest BCUT2D eigenvalue weighted by molar-refractivity contribution is -0.127. The van der Waals surface area contributed by atoms with Crippen LogP contribution >= 0.6 is 0 Å². The quantitative estimate of drug-likeness (QED) is 0.508. The number of hydrogen-bond acceptors (Lipinski definition) is 3. The number of benzene rings is 3. The maximum atomic E-state index is 13.7. The number of ether oxygens (including phenoxy) is 1. The highest BCUT2D eigenvalue weighted by Crippen LogP contribution is 2.32. The van der Waals surface area contributed by atoms with Gasteiger partial charge in [0.15, 0.2) is 0 Å². The van der Waals surface area contributed by atoms with Crippen molar-refractivity contribution in [2.24, 2.45) is 5.92 Å². The fraction of sp³-hybridized carbons (Fsp3) is 0.345. The Hall–Kier alpha value is -3.18. The summed E-state index contributed by atoms with van der Waals surface area (Å²) >= 11 is 0. The van der Waals surface area contributed by atoms with Crippen molar-refractivity contribution >= 4 is 5.91 Å². The third kappa shape index (κ3) is 6.45. The SMILES string of the molecule is COc1ccc(CCNC(=O)[C@@H]2C[C@H](c3cccc(C)c3)CN(Cc3cccc(F)c3)C2)cc1. The fourth-order valence-electron chi connectivity index (χ4n) is 4.84. The molecule has 0 radical (unpaired) electrons. The van der Waals surface area contributed by atoms with Crippen molar-refractivity contribution in [2.75, 3.05) is 26.7 Å². The van der Waals surface area contributed by atoms with Gasteiger partial charge in [-0.05, 0) is 66.6 Å². The molecule has 0 aliphatic carbocycles. The van der Waals surface area contributed by atoms with Crippen LogP contribution in [0.1, 0.15) is 34.6 Å². The van der Waals surface area contributed by atoms with Crippen LogP contribution in [0.2, 0.25) is 0 Å². The molecule has 0 aromatic heterocycles. The molecule has 1 aliphatic heterocycles. The summed E-state index contributed by atoms with van der Waals surface area (Å²) in [6.07, 6.45) is 1.59. The zero-order valence-electron chi connectivity index (χ0n) is 20.0. The average molecular weight is 461 g/mol. The van der Waals surface area contributed by atoms with E-state index in [0.717, 1.165) is 36.3 Å². The first-order valence-electron chi connectivity index (χ1n) is 11.9. The van der Waals surface area contributed by atoms with Crippen molar-refractivity contribution in [1.29, 1.82) is 0 Å². The Labute approximate surface area is 201 Å². The lowest BCUT2D eigenvalue weighted by Crippen LogP contribution is -2.45. The largest absolute Gasteiger partial charge is 0.497 e. The van der Waals surface area contributed by atoms with E-state index in [-0.39, 0.29) is 23.6 Å². The van der Waals surface area contributed by atoms with Gasteiger partial charge in [0.05, 0.1) is 13.0 Å². The van der Waals surface area contributed by atoms with E-state index >= 15 is 0 Å². The number of methoxy groups -OCH3 is 1. The van der Waals surface area contributed by atoms with Gasteiger partial charge in [0.25, 0.3) is 0 Å². The van der Waals surface area contributed by atoms with Gasteiger partial charge >= 0.3 is 0 Å². The van der Waals surface area contributed by atoms with Crippen molar-refractivity contribution in [2.45, 2.75) is 32.2 Å². The molecule has 3 aromatic rings. The molecule has 0 bridgehead atoms. The molecule has 3 aromatic carbocycles. The average Bonchev–Trinajstić information content (AvgIpc) is 2.84. The van der Waals surface area contributed by atoms with Crippen molar-refractivity contribution in [3.05, 3.63) is 101 Å². The summed E-state index contributed by atoms with van der Waals surface area (Å²) in [4.78, 5) is 15.5. The number of carbonyl (C=O) groups excluding carboxylic acids is 1. The van der Waals surface area contributed by atoms with Crippen molar-refractivity contribution in [3.8, 4) is 5.75 Å². The Morgan fingerprint density at radius 3 is 2.56 bits per heavy atom. The summed E-state index contributed by atoms with van der Waals surface area (Å²) in [5.74, 6) is 0.853. The van der Waals surface area contributed by atoms with Crippen molar-refractivity contribution < 1.29 is 13.9 Å². The summed E-state index contributed by atoms with van der Waals surface area (Å²) < 4.78 is 19.0. The van der Waals surface area contributed by atoms with Gasteiger partial charge in [-0.1, -0.05) is 54.1 Å². The smallest absolute Gasteiger partial charge is 0.224 e. The topological polar surface area (TPSA) is 41.6 Å². The molecule has 0 spiro atoms. The molecule has 5 heteroatoms. The lowest BCUT2D eigenvalue weighted by atomic mass is 9.83. The molecule has 1 N–H and O–H groups in total. The molecular weight excluding hydrogens is 427 g/mol. The number of piperidine rings is 1. The van der Waals surface area contributed by atoms with Crippen LogP contribution in [0, 0.1) is 18.7 Å². The maximum Gasteiger partial charge on any atom is 0.224 e. The molecule has 2 atom stereocenters. The Bertz CT molecular complexity index is 1100. The number of halogens is 1. The Kier molecular flexibility index (Phi) is 7.96. The monoisotopic (exact) mass is 460 g/mol. The maximum absolute atomic E-state index is 13.7. The summed E-state index contributed by atoms with van der Waals surface area (Å²) in [6, 6.07) is 23.2. The van der Waals surface area contributed by atoms with E-state index < -0.39 is 0 Å². The van der Waals surface area contributed by atoms with E-state index in [1.54, 1.807) is 19.2 Å². The molecule has 1 fully saturated rings. The summed E-state index contributed by atoms with van der Waals surface area (Å²) in [5.41, 5.74) is 4.58. The van der Waals surface area contributed by atoms with Crippen LogP contribution in [0.15, 0.2) is 72.8 Å². The van der Waals surface area contributed by atoms with Crippen LogP contribution in [-0.4, -0.2) is 37.6 Å². The van der Waals surface area contributed by atoms with Gasteiger partial charge in [-0.25, -0.2) is 4.39 Å². The number of nitrogens with one attached hydrogen (secondary N) is 1. The van der Waals surface area contributed by atoms with Gasteiger partial charge in [-0.3, -0.25) is 9.69 Å². The van der Waals surface area contributed by atoms with Crippen LogP contribution < -0.4 is 10.1 Å². The van der Waals surface area contributed by atoms with Crippen LogP contribution in [0.5, 0.6) is 5.75 Å². The first kappa shape index (κ1) is 24.0. The van der Waals surface area contributed by atoms with Crippen LogP contribution in [0.3, 0.4) is 0 Å². The van der Waals surface area contributed by atoms with Gasteiger partial charge in [0.2, 0.25) is 5.91 Å². The van der Waals surface area contributed by atoms with E-state index in [1.807, 2.05) is 30.3 Å². The molecule has 34 heavy (non-hydrogen) atoms. The highest BCUT2D eigenvalue weighted by molar-refractivity contribution is 5.79. The Balaban J connectivity index is 1.42. The molecule has 1 saturated heterocycles. The molecule has 0 saturated carbocycles. The first-order valence-corrected chi connectivity index (χ1v) is 11.9. The number of aryl methyl sites for hydroxylation is 1. The third-order valence-corrected chi connectivity index (χ3v) is 6.58. The second kappa shape index (κ2) is 11.3. The van der Waals surface area contributed by atoms with Gasteiger partial charge in [-0.15, -0.1) is 0 Å². The first-order chi connectivity index (χ1) is 16.5. The minimum atomic E-state index is -0.224. The highest BCUT2D eigenvalue weighted by Gasteiger charge is 2.32. The zero-order valence-corrected chi connectivity index (χ0v) is 20.0. The lowest BCUT2D eigenvalue weighted by Gasteiger charge is -2.37. The number of nitrogens with zero attached hydrogens (tertiary/aromatic N) is 1. The minimum absolute atomic E-state index is 0.0927. The van der Waals surface area contributed by atoms with Gasteiger partial charge < -0.3 is 10.1 Å². The summed E-state index contributed by atoms with van der Waals surface area (Å²) in [5, 5.41) is 3.15. The van der Waals surface area contributed by atoms with Crippen molar-refractivity contribution in [1.82, 2.24) is 10.2 Å². The summed E-state index contributed by atoms with van der Waals surface area (Å²) in [6.45, 7) is 4.86. The normalized spacial score (nSPS) is 18.4. The number of hydrogen-bond donors (Lipinski definition) is 1. The number of likely N-dealkylation sites (tertiary alicyclic amines) is 1. The second-order valence-electron chi connectivity index (χ2n) is 9.26. The van der Waals surface area contributed by atoms with Crippen LogP contribution in [0.4, 0.5) is 4.39 Å². The van der Waals surface area contributed by atoms with Gasteiger partial charge in [0, 0.05) is 26.2 Å². The minimum Gasteiger partial charge on any atom is -0.497 e. The predicted octanol–water partition coefficient (Wildman–Crippen LogP) is 5.11. The molecular formula is C29H33FN2O2. The number of carbonyl (C=O) groups is 1. The molecule has 178 valence electrons. The van der Waals surface area contributed by atoms with Gasteiger partial charge in [0.1, 0.15) is 11.6 Å². The second-order valence-corrected chi connectivity index (χ2v) is 9.26. The van der Waals surface area contributed by atoms with Crippen LogP contribution in [-0.2, 0) is 17.8 Å². The molecule has 1 amide bonds.